The van der Waals surface area contributed by atoms with Crippen molar-refractivity contribution in [1.82, 2.24) is 4.90 Å². The molecule has 0 aliphatic carbocycles. The molecule has 178 valence electrons. The smallest absolute Gasteiger partial charge is 0.406 e. The van der Waals surface area contributed by atoms with Crippen molar-refractivity contribution in [2.75, 3.05) is 18.4 Å². The summed E-state index contributed by atoms with van der Waals surface area (Å²) >= 11 is 0. The van der Waals surface area contributed by atoms with Crippen LogP contribution in [0, 0.1) is 17.6 Å². The van der Waals surface area contributed by atoms with Crippen LogP contribution < -0.4 is 10.1 Å². The van der Waals surface area contributed by atoms with Crippen LogP contribution in [0.15, 0.2) is 85.2 Å². The lowest BCUT2D eigenvalue weighted by Gasteiger charge is -2.27. The van der Waals surface area contributed by atoms with Gasteiger partial charge in [-0.25, -0.2) is 8.78 Å². The van der Waals surface area contributed by atoms with Gasteiger partial charge in [-0.05, 0) is 72.0 Å². The first kappa shape index (κ1) is 23.6. The van der Waals surface area contributed by atoms with E-state index in [4.69, 9.17) is 0 Å². The molecule has 1 heterocycles. The van der Waals surface area contributed by atoms with Crippen LogP contribution in [0.3, 0.4) is 0 Å². The van der Waals surface area contributed by atoms with Gasteiger partial charge >= 0.3 is 6.36 Å². The predicted molar refractivity (Wildman–Crippen MR) is 120 cm³/mol. The molecular weight excluding hydrogens is 451 g/mol. The highest BCUT2D eigenvalue weighted by atomic mass is 19.4. The minimum atomic E-state index is -4.74. The Labute approximate surface area is 194 Å². The third-order valence-electron chi connectivity index (χ3n) is 5.91. The molecule has 0 saturated carbocycles. The Morgan fingerprint density at radius 1 is 0.882 bits per heavy atom. The first-order chi connectivity index (χ1) is 16.2. The van der Waals surface area contributed by atoms with Crippen LogP contribution in [0.2, 0.25) is 0 Å². The molecule has 1 fully saturated rings. The second kappa shape index (κ2) is 9.75. The van der Waals surface area contributed by atoms with E-state index in [1.165, 1.54) is 48.5 Å². The van der Waals surface area contributed by atoms with Crippen molar-refractivity contribution in [3.8, 4) is 5.75 Å². The van der Waals surface area contributed by atoms with Crippen LogP contribution in [0.5, 0.6) is 5.75 Å². The zero-order chi connectivity index (χ0) is 24.3. The standard InChI is InChI=1S/C26H23F5N2O/c1-17(32-23-10-12-24(13-11-23)34-26(29,30)31)33-15-14-20(16-33)25(18-2-6-21(27)7-3-18)19-4-8-22(28)9-5-19/h2-13,20,25,32H,1,14-16H2. The van der Waals surface area contributed by atoms with Gasteiger partial charge in [0.1, 0.15) is 17.4 Å². The van der Waals surface area contributed by atoms with Gasteiger partial charge in [0.05, 0.1) is 5.82 Å². The summed E-state index contributed by atoms with van der Waals surface area (Å²) in [5.41, 5.74) is 2.47. The van der Waals surface area contributed by atoms with E-state index >= 15 is 0 Å². The molecule has 3 nitrogen and oxygen atoms in total. The molecule has 0 amide bonds. The molecule has 8 heteroatoms. The first-order valence-electron chi connectivity index (χ1n) is 10.8. The summed E-state index contributed by atoms with van der Waals surface area (Å²) < 4.78 is 68.0. The Balaban J connectivity index is 1.46. The first-order valence-corrected chi connectivity index (χ1v) is 10.8. The monoisotopic (exact) mass is 474 g/mol. The Hall–Kier alpha value is -3.55. The fourth-order valence-corrected chi connectivity index (χ4v) is 4.37. The maximum absolute atomic E-state index is 13.5. The van der Waals surface area contributed by atoms with Crippen LogP contribution in [-0.2, 0) is 0 Å². The fraction of sp³-hybridized carbons (Fsp3) is 0.231. The maximum atomic E-state index is 13.5. The molecule has 3 aromatic carbocycles. The highest BCUT2D eigenvalue weighted by molar-refractivity contribution is 5.50. The molecule has 1 N–H and O–H groups in total. The maximum Gasteiger partial charge on any atom is 0.573 e. The van der Waals surface area contributed by atoms with Gasteiger partial charge in [-0.2, -0.15) is 0 Å². The quantitative estimate of drug-likeness (QED) is 0.377. The van der Waals surface area contributed by atoms with E-state index in [2.05, 4.69) is 21.5 Å². The van der Waals surface area contributed by atoms with E-state index in [-0.39, 0.29) is 29.2 Å². The molecule has 0 radical (unpaired) electrons. The van der Waals surface area contributed by atoms with E-state index in [1.54, 1.807) is 24.3 Å². The number of ether oxygens (including phenoxy) is 1. The minimum absolute atomic E-state index is 0.0576. The van der Waals surface area contributed by atoms with E-state index in [1.807, 2.05) is 0 Å². The summed E-state index contributed by atoms with van der Waals surface area (Å²) in [7, 11) is 0. The number of rotatable bonds is 7. The molecule has 1 unspecified atom stereocenters. The Morgan fingerprint density at radius 2 is 1.41 bits per heavy atom. The van der Waals surface area contributed by atoms with E-state index < -0.39 is 6.36 Å². The summed E-state index contributed by atoms with van der Waals surface area (Å²) in [5, 5.41) is 3.12. The van der Waals surface area contributed by atoms with Crippen LogP contribution in [0.1, 0.15) is 23.5 Å². The van der Waals surface area contributed by atoms with Gasteiger partial charge in [0, 0.05) is 24.7 Å². The van der Waals surface area contributed by atoms with Gasteiger partial charge in [-0.1, -0.05) is 30.8 Å². The molecule has 1 aliphatic heterocycles. The Morgan fingerprint density at radius 3 is 1.91 bits per heavy atom. The van der Waals surface area contributed by atoms with Gasteiger partial charge in [0.15, 0.2) is 0 Å². The normalized spacial score (nSPS) is 16.1. The topological polar surface area (TPSA) is 24.5 Å². The third-order valence-corrected chi connectivity index (χ3v) is 5.91. The third kappa shape index (κ3) is 5.87. The van der Waals surface area contributed by atoms with E-state index in [0.29, 0.717) is 24.6 Å². The largest absolute Gasteiger partial charge is 0.573 e. The van der Waals surface area contributed by atoms with Crippen LogP contribution in [-0.4, -0.2) is 24.4 Å². The number of nitrogens with zero attached hydrogens (tertiary/aromatic N) is 1. The highest BCUT2D eigenvalue weighted by Crippen LogP contribution is 2.38. The molecule has 1 aliphatic rings. The lowest BCUT2D eigenvalue weighted by atomic mass is 9.80. The predicted octanol–water partition coefficient (Wildman–Crippen LogP) is 6.90. The van der Waals surface area contributed by atoms with Crippen LogP contribution in [0.4, 0.5) is 27.6 Å². The average Bonchev–Trinajstić information content (AvgIpc) is 3.27. The lowest BCUT2D eigenvalue weighted by Crippen LogP contribution is -2.26. The van der Waals surface area contributed by atoms with Crippen molar-refractivity contribution in [2.24, 2.45) is 5.92 Å². The van der Waals surface area contributed by atoms with E-state index in [9.17, 15) is 22.0 Å². The zero-order valence-electron chi connectivity index (χ0n) is 18.2. The zero-order valence-corrected chi connectivity index (χ0v) is 18.2. The number of hydrogen-bond donors (Lipinski definition) is 1. The number of halogens is 5. The van der Waals surface area contributed by atoms with Crippen molar-refractivity contribution in [3.05, 3.63) is 108 Å². The molecule has 1 saturated heterocycles. The van der Waals surface area contributed by atoms with Crippen LogP contribution in [0.25, 0.3) is 0 Å². The SMILES string of the molecule is C=C(Nc1ccc(OC(F)(F)F)cc1)N1CCC(C(c2ccc(F)cc2)c2ccc(F)cc2)C1. The fourth-order valence-electron chi connectivity index (χ4n) is 4.37. The molecule has 3 aromatic rings. The Bertz CT molecular complexity index is 1070. The van der Waals surface area contributed by atoms with Crippen molar-refractivity contribution in [1.29, 1.82) is 0 Å². The van der Waals surface area contributed by atoms with Gasteiger partial charge < -0.3 is 15.0 Å². The van der Waals surface area contributed by atoms with Gasteiger partial charge in [-0.15, -0.1) is 13.2 Å². The number of likely N-dealkylation sites (tertiary alicyclic amines) is 1. The molecule has 34 heavy (non-hydrogen) atoms. The van der Waals surface area contributed by atoms with Crippen LogP contribution >= 0.6 is 0 Å². The summed E-state index contributed by atoms with van der Waals surface area (Å²) in [6, 6.07) is 18.1. The van der Waals surface area contributed by atoms with E-state index in [0.717, 1.165) is 17.5 Å². The van der Waals surface area contributed by atoms with Crippen molar-refractivity contribution < 1.29 is 26.7 Å². The highest BCUT2D eigenvalue weighted by Gasteiger charge is 2.33. The van der Waals surface area contributed by atoms with Gasteiger partial charge in [0.25, 0.3) is 0 Å². The summed E-state index contributed by atoms with van der Waals surface area (Å²) in [5.74, 6) is -0.220. The molecule has 0 aromatic heterocycles. The number of benzene rings is 3. The van der Waals surface area contributed by atoms with Gasteiger partial charge in [-0.3, -0.25) is 0 Å². The second-order valence-electron chi connectivity index (χ2n) is 8.22. The number of hydrogen-bond acceptors (Lipinski definition) is 3. The average molecular weight is 474 g/mol. The number of alkyl halides is 3. The van der Waals surface area contributed by atoms with Gasteiger partial charge in [0.2, 0.25) is 0 Å². The molecule has 1 atom stereocenters. The Kier molecular flexibility index (Phi) is 6.77. The molecule has 4 rings (SSSR count). The summed E-state index contributed by atoms with van der Waals surface area (Å²) in [6.07, 6.45) is -3.91. The molecular formula is C26H23F5N2O. The number of nitrogens with one attached hydrogen (secondary N) is 1. The molecule has 0 spiro atoms. The van der Waals surface area contributed by atoms with Crippen molar-refractivity contribution >= 4 is 5.69 Å². The minimum Gasteiger partial charge on any atom is -0.406 e. The van der Waals surface area contributed by atoms with Crippen molar-refractivity contribution in [3.63, 3.8) is 0 Å². The number of anilines is 1. The summed E-state index contributed by atoms with van der Waals surface area (Å²) in [6.45, 7) is 5.45. The lowest BCUT2D eigenvalue weighted by molar-refractivity contribution is -0.274. The summed E-state index contributed by atoms with van der Waals surface area (Å²) in [4.78, 5) is 2.06. The second-order valence-corrected chi connectivity index (χ2v) is 8.22. The molecule has 0 bridgehead atoms. The van der Waals surface area contributed by atoms with Crippen molar-refractivity contribution in [2.45, 2.75) is 18.7 Å².